The van der Waals surface area contributed by atoms with Gasteiger partial charge in [-0.2, -0.15) is 0 Å². The molecule has 1 fully saturated rings. The molecule has 0 spiro atoms. The molecule has 3 rings (SSSR count). The molecule has 2 aromatic rings. The van der Waals surface area contributed by atoms with Crippen molar-refractivity contribution < 1.29 is 19.2 Å². The van der Waals surface area contributed by atoms with Gasteiger partial charge in [0.2, 0.25) is 0 Å². The molecule has 0 aliphatic carbocycles. The number of carboxylic acids is 1. The maximum atomic E-state index is 12.1. The average Bonchev–Trinajstić information content (AvgIpc) is 3.29. The fourth-order valence-electron chi connectivity index (χ4n) is 3.12. The minimum absolute atomic E-state index is 0.117. The van der Waals surface area contributed by atoms with Crippen molar-refractivity contribution in [1.82, 2.24) is 15.0 Å². The van der Waals surface area contributed by atoms with Crippen molar-refractivity contribution in [3.8, 4) is 0 Å². The predicted molar refractivity (Wildman–Crippen MR) is 94.6 cm³/mol. The topological polar surface area (TPSA) is 98.9 Å². The monoisotopic (exact) mass is 358 g/mol. The smallest absolute Gasteiger partial charge is 0.325 e. The number of hydrogen-bond acceptors (Lipinski definition) is 5. The molecule has 8 heteroatoms. The highest BCUT2D eigenvalue weighted by molar-refractivity contribution is 5.89. The van der Waals surface area contributed by atoms with Crippen LogP contribution in [0.3, 0.4) is 0 Å². The quantitative estimate of drug-likeness (QED) is 0.823. The SMILES string of the molecule is CN(Cc1ccon1)C(C(=O)O)c1ccc(NC(=O)N2CCCC2)cc1. The number of carbonyl (C=O) groups is 2. The van der Waals surface area contributed by atoms with E-state index < -0.39 is 12.0 Å². The van der Waals surface area contributed by atoms with E-state index in [1.54, 1.807) is 47.2 Å². The molecule has 2 N–H and O–H groups in total. The van der Waals surface area contributed by atoms with Crippen molar-refractivity contribution in [2.75, 3.05) is 25.5 Å². The van der Waals surface area contributed by atoms with E-state index in [1.807, 2.05) is 0 Å². The highest BCUT2D eigenvalue weighted by Crippen LogP contribution is 2.23. The maximum Gasteiger partial charge on any atom is 0.325 e. The lowest BCUT2D eigenvalue weighted by molar-refractivity contribution is -0.143. The van der Waals surface area contributed by atoms with Crippen LogP contribution in [0, 0.1) is 0 Å². The molecule has 1 unspecified atom stereocenters. The third-order valence-electron chi connectivity index (χ3n) is 4.45. The van der Waals surface area contributed by atoms with Gasteiger partial charge in [-0.15, -0.1) is 0 Å². The van der Waals surface area contributed by atoms with Gasteiger partial charge >= 0.3 is 12.0 Å². The van der Waals surface area contributed by atoms with Crippen LogP contribution in [0.5, 0.6) is 0 Å². The average molecular weight is 358 g/mol. The zero-order valence-electron chi connectivity index (χ0n) is 14.6. The van der Waals surface area contributed by atoms with Gasteiger partial charge in [-0.05, 0) is 37.6 Å². The van der Waals surface area contributed by atoms with E-state index in [9.17, 15) is 14.7 Å². The van der Waals surface area contributed by atoms with Gasteiger partial charge in [-0.3, -0.25) is 9.69 Å². The number of rotatable bonds is 6. The third kappa shape index (κ3) is 4.20. The predicted octanol–water partition coefficient (Wildman–Crippen LogP) is 2.56. The van der Waals surface area contributed by atoms with Crippen LogP contribution in [0.25, 0.3) is 0 Å². The largest absolute Gasteiger partial charge is 0.480 e. The van der Waals surface area contributed by atoms with Crippen LogP contribution in [0.15, 0.2) is 41.1 Å². The number of carboxylic acid groups (broad SMARTS) is 1. The Morgan fingerprint density at radius 3 is 2.54 bits per heavy atom. The number of benzene rings is 1. The number of amides is 2. The lowest BCUT2D eigenvalue weighted by Crippen LogP contribution is -2.32. The molecule has 26 heavy (non-hydrogen) atoms. The molecule has 1 aliphatic rings. The summed E-state index contributed by atoms with van der Waals surface area (Å²) in [5.41, 5.74) is 1.94. The summed E-state index contributed by atoms with van der Waals surface area (Å²) in [5.74, 6) is -0.954. The van der Waals surface area contributed by atoms with E-state index in [-0.39, 0.29) is 6.03 Å². The molecule has 0 radical (unpaired) electrons. The zero-order valence-corrected chi connectivity index (χ0v) is 14.6. The van der Waals surface area contributed by atoms with E-state index in [0.717, 1.165) is 25.9 Å². The Kier molecular flexibility index (Phi) is 5.52. The molecule has 1 aromatic heterocycles. The summed E-state index contributed by atoms with van der Waals surface area (Å²) in [7, 11) is 1.72. The Balaban J connectivity index is 1.67. The normalized spacial score (nSPS) is 15.2. The summed E-state index contributed by atoms with van der Waals surface area (Å²) >= 11 is 0. The van der Waals surface area contributed by atoms with Crippen LogP contribution in [0.4, 0.5) is 10.5 Å². The summed E-state index contributed by atoms with van der Waals surface area (Å²) in [6, 6.07) is 7.65. The van der Waals surface area contributed by atoms with Gasteiger partial charge in [0.25, 0.3) is 0 Å². The number of nitrogens with zero attached hydrogens (tertiary/aromatic N) is 3. The molecular weight excluding hydrogens is 336 g/mol. The maximum absolute atomic E-state index is 12.1. The molecule has 2 amide bonds. The fraction of sp³-hybridized carbons (Fsp3) is 0.389. The standard InChI is InChI=1S/C18H22N4O4/c1-21(12-15-8-11-26-20-15)16(17(23)24)13-4-6-14(7-5-13)19-18(25)22-9-2-3-10-22/h4-8,11,16H,2-3,9-10,12H2,1H3,(H,19,25)(H,23,24). The van der Waals surface area contributed by atoms with Crippen LogP contribution >= 0.6 is 0 Å². The lowest BCUT2D eigenvalue weighted by atomic mass is 10.0. The van der Waals surface area contributed by atoms with E-state index in [0.29, 0.717) is 23.5 Å². The van der Waals surface area contributed by atoms with Gasteiger partial charge in [0.05, 0.1) is 5.69 Å². The zero-order chi connectivity index (χ0) is 18.5. The number of hydrogen-bond donors (Lipinski definition) is 2. The molecule has 2 heterocycles. The van der Waals surface area contributed by atoms with Crippen LogP contribution in [0.2, 0.25) is 0 Å². The summed E-state index contributed by atoms with van der Waals surface area (Å²) in [5, 5.41) is 16.3. The minimum atomic E-state index is -0.954. The Hall–Kier alpha value is -2.87. The molecule has 1 aliphatic heterocycles. The molecule has 1 atom stereocenters. The van der Waals surface area contributed by atoms with Crippen LogP contribution in [-0.4, -0.2) is 52.2 Å². The summed E-state index contributed by atoms with van der Waals surface area (Å²) in [6.07, 6.45) is 3.52. The van der Waals surface area contributed by atoms with Crippen molar-refractivity contribution >= 4 is 17.7 Å². The van der Waals surface area contributed by atoms with Crippen molar-refractivity contribution in [1.29, 1.82) is 0 Å². The molecular formula is C18H22N4O4. The van der Waals surface area contributed by atoms with Crippen molar-refractivity contribution in [3.05, 3.63) is 47.9 Å². The number of urea groups is 1. The first-order valence-corrected chi connectivity index (χ1v) is 8.53. The van der Waals surface area contributed by atoms with Crippen molar-refractivity contribution in [2.24, 2.45) is 0 Å². The van der Waals surface area contributed by atoms with E-state index in [1.165, 1.54) is 6.26 Å². The summed E-state index contributed by atoms with van der Waals surface area (Å²) in [4.78, 5) is 27.3. The fourth-order valence-corrected chi connectivity index (χ4v) is 3.12. The first-order chi connectivity index (χ1) is 12.5. The Labute approximate surface area is 151 Å². The van der Waals surface area contributed by atoms with Crippen LogP contribution in [-0.2, 0) is 11.3 Å². The number of anilines is 1. The van der Waals surface area contributed by atoms with Gasteiger partial charge in [-0.1, -0.05) is 17.3 Å². The highest BCUT2D eigenvalue weighted by atomic mass is 16.5. The van der Waals surface area contributed by atoms with Gasteiger partial charge < -0.3 is 19.8 Å². The minimum Gasteiger partial charge on any atom is -0.480 e. The summed E-state index contributed by atoms with van der Waals surface area (Å²) in [6.45, 7) is 1.90. The molecule has 138 valence electrons. The van der Waals surface area contributed by atoms with E-state index >= 15 is 0 Å². The van der Waals surface area contributed by atoms with Gasteiger partial charge in [0.15, 0.2) is 0 Å². The Morgan fingerprint density at radius 1 is 1.27 bits per heavy atom. The lowest BCUT2D eigenvalue weighted by Gasteiger charge is -2.24. The van der Waals surface area contributed by atoms with Crippen molar-refractivity contribution in [2.45, 2.75) is 25.4 Å². The van der Waals surface area contributed by atoms with Crippen LogP contribution in [0.1, 0.15) is 30.1 Å². The molecule has 0 saturated carbocycles. The number of aromatic nitrogens is 1. The number of carbonyl (C=O) groups excluding carboxylic acids is 1. The molecule has 1 aromatic carbocycles. The molecule has 8 nitrogen and oxygen atoms in total. The molecule has 1 saturated heterocycles. The first-order valence-electron chi connectivity index (χ1n) is 8.53. The second-order valence-corrected chi connectivity index (χ2v) is 6.39. The number of nitrogens with one attached hydrogen (secondary N) is 1. The van der Waals surface area contributed by atoms with Gasteiger partial charge in [-0.25, -0.2) is 4.79 Å². The Bertz CT molecular complexity index is 739. The highest BCUT2D eigenvalue weighted by Gasteiger charge is 2.25. The Morgan fingerprint density at radius 2 is 1.96 bits per heavy atom. The van der Waals surface area contributed by atoms with Crippen molar-refractivity contribution in [3.63, 3.8) is 0 Å². The first kappa shape index (κ1) is 17.9. The second-order valence-electron chi connectivity index (χ2n) is 6.39. The number of likely N-dealkylation sites (tertiary alicyclic amines) is 1. The number of likely N-dealkylation sites (N-methyl/N-ethyl adjacent to an activating group) is 1. The van der Waals surface area contributed by atoms with Crippen LogP contribution < -0.4 is 5.32 Å². The number of aliphatic carboxylic acids is 1. The summed E-state index contributed by atoms with van der Waals surface area (Å²) < 4.78 is 4.79. The van der Waals surface area contributed by atoms with E-state index in [2.05, 4.69) is 10.5 Å². The molecule has 0 bridgehead atoms. The van der Waals surface area contributed by atoms with Gasteiger partial charge in [0.1, 0.15) is 12.3 Å². The van der Waals surface area contributed by atoms with Gasteiger partial charge in [0, 0.05) is 31.4 Å². The second kappa shape index (κ2) is 8.01. The third-order valence-corrected chi connectivity index (χ3v) is 4.45. The van der Waals surface area contributed by atoms with E-state index in [4.69, 9.17) is 4.52 Å².